The molecule has 1 N–H and O–H groups in total. The Hall–Kier alpha value is -3.63. The average molecular weight is 428 g/mol. The summed E-state index contributed by atoms with van der Waals surface area (Å²) in [5.41, 5.74) is 2.13. The molecule has 0 amide bonds. The van der Waals surface area contributed by atoms with Gasteiger partial charge in [0.2, 0.25) is 11.7 Å². The zero-order chi connectivity index (χ0) is 22.7. The molecule has 1 saturated heterocycles. The number of pyridine rings is 1. The van der Waals surface area contributed by atoms with Gasteiger partial charge in [-0.05, 0) is 51.8 Å². The lowest BCUT2D eigenvalue weighted by molar-refractivity contribution is 0.0261. The van der Waals surface area contributed by atoms with E-state index in [4.69, 9.17) is 4.74 Å². The number of nitrogens with zero attached hydrogens (tertiary/aromatic N) is 4. The van der Waals surface area contributed by atoms with Gasteiger partial charge in [0.1, 0.15) is 0 Å². The molecule has 4 rings (SSSR count). The summed E-state index contributed by atoms with van der Waals surface area (Å²) in [6.45, 7) is 6.18. The minimum absolute atomic E-state index is 0.150. The molecule has 0 saturated carbocycles. The van der Waals surface area contributed by atoms with E-state index in [1.807, 2.05) is 25.1 Å². The number of rotatable bonds is 5. The summed E-state index contributed by atoms with van der Waals surface area (Å²) < 4.78 is 6.39. The molecular formula is C25H25N5O2. The molecule has 2 aromatic heterocycles. The van der Waals surface area contributed by atoms with Gasteiger partial charge < -0.3 is 10.1 Å². The topological polar surface area (TPSA) is 101 Å². The monoisotopic (exact) mass is 427 g/mol. The molecule has 0 unspecified atom stereocenters. The maximum absolute atomic E-state index is 14.1. The molecule has 3 heterocycles. The van der Waals surface area contributed by atoms with E-state index >= 15 is 0 Å². The van der Waals surface area contributed by atoms with Crippen LogP contribution in [-0.2, 0) is 0 Å². The minimum atomic E-state index is -1.16. The Bertz CT molecular complexity index is 1180. The molecule has 7 heteroatoms. The number of piperidine rings is 1. The number of carbonyl (C=O) groups is 1. The summed E-state index contributed by atoms with van der Waals surface area (Å²) in [7, 11) is 0. The van der Waals surface area contributed by atoms with Gasteiger partial charge in [0.15, 0.2) is 11.4 Å². The van der Waals surface area contributed by atoms with E-state index in [1.165, 1.54) is 6.20 Å². The predicted octanol–water partition coefficient (Wildman–Crippen LogP) is 3.80. The summed E-state index contributed by atoms with van der Waals surface area (Å²) in [5, 5.41) is 12.8. The largest absolute Gasteiger partial charge is 0.461 e. The third-order valence-corrected chi connectivity index (χ3v) is 5.93. The first-order chi connectivity index (χ1) is 15.4. The van der Waals surface area contributed by atoms with Crippen molar-refractivity contribution in [3.63, 3.8) is 0 Å². The summed E-state index contributed by atoms with van der Waals surface area (Å²) in [6.07, 6.45) is 6.16. The second-order valence-electron chi connectivity index (χ2n) is 8.27. The van der Waals surface area contributed by atoms with Crippen LogP contribution < -0.4 is 10.1 Å². The van der Waals surface area contributed by atoms with Crippen molar-refractivity contribution in [3.8, 4) is 23.3 Å². The SMILES string of the molecule is Cc1ccc(C(=O)[C@@]2(Oc3nccc(C#N)c3C)CC[C@@H](C)NC2)c(-c2ncccn2)c1. The van der Waals surface area contributed by atoms with Crippen molar-refractivity contribution >= 4 is 5.78 Å². The summed E-state index contributed by atoms with van der Waals surface area (Å²) in [6, 6.07) is 11.5. The molecule has 0 radical (unpaired) electrons. The van der Waals surface area contributed by atoms with Crippen LogP contribution >= 0.6 is 0 Å². The third-order valence-electron chi connectivity index (χ3n) is 5.93. The molecule has 1 fully saturated rings. The summed E-state index contributed by atoms with van der Waals surface area (Å²) in [4.78, 5) is 27.2. The molecule has 0 bridgehead atoms. The van der Waals surface area contributed by atoms with Gasteiger partial charge in [-0.25, -0.2) is 15.0 Å². The third kappa shape index (κ3) is 4.10. The Balaban J connectivity index is 1.81. The van der Waals surface area contributed by atoms with E-state index in [-0.39, 0.29) is 11.8 Å². The number of nitrogens with one attached hydrogen (secondary N) is 1. The summed E-state index contributed by atoms with van der Waals surface area (Å²) >= 11 is 0. The molecule has 1 aromatic carbocycles. The second kappa shape index (κ2) is 8.85. The number of hydrogen-bond acceptors (Lipinski definition) is 7. The molecular weight excluding hydrogens is 402 g/mol. The normalized spacial score (nSPS) is 20.4. The highest BCUT2D eigenvalue weighted by molar-refractivity contribution is 6.07. The number of ether oxygens (including phenoxy) is 1. The zero-order valence-electron chi connectivity index (χ0n) is 18.4. The summed E-state index contributed by atoms with van der Waals surface area (Å²) in [5.74, 6) is 0.647. The van der Waals surface area contributed by atoms with Gasteiger partial charge in [0, 0.05) is 47.9 Å². The van der Waals surface area contributed by atoms with E-state index in [9.17, 15) is 10.1 Å². The molecule has 7 nitrogen and oxygen atoms in total. The van der Waals surface area contributed by atoms with E-state index in [1.54, 1.807) is 31.5 Å². The fourth-order valence-electron chi connectivity index (χ4n) is 3.96. The van der Waals surface area contributed by atoms with Crippen LogP contribution in [0, 0.1) is 25.2 Å². The zero-order valence-corrected chi connectivity index (χ0v) is 18.4. The number of aryl methyl sites for hydroxylation is 1. The molecule has 0 aliphatic carbocycles. The van der Waals surface area contributed by atoms with Crippen LogP contribution in [-0.4, -0.2) is 38.9 Å². The number of ketones is 1. The van der Waals surface area contributed by atoms with Crippen molar-refractivity contribution in [2.75, 3.05) is 6.54 Å². The van der Waals surface area contributed by atoms with Crippen LogP contribution in [0.4, 0.5) is 0 Å². The van der Waals surface area contributed by atoms with Gasteiger partial charge in [0.25, 0.3) is 0 Å². The van der Waals surface area contributed by atoms with Gasteiger partial charge in [-0.2, -0.15) is 5.26 Å². The number of nitriles is 1. The minimum Gasteiger partial charge on any atom is -0.461 e. The first kappa shape index (κ1) is 21.6. The number of carbonyl (C=O) groups excluding carboxylic acids is 1. The number of benzene rings is 1. The first-order valence-electron chi connectivity index (χ1n) is 10.6. The lowest BCUT2D eigenvalue weighted by Gasteiger charge is -2.39. The molecule has 3 aromatic rings. The lowest BCUT2D eigenvalue weighted by Crippen LogP contribution is -2.58. The van der Waals surface area contributed by atoms with Crippen LogP contribution in [0.3, 0.4) is 0 Å². The van der Waals surface area contributed by atoms with Crippen LogP contribution in [0.5, 0.6) is 5.88 Å². The Morgan fingerprint density at radius 3 is 2.66 bits per heavy atom. The quantitative estimate of drug-likeness (QED) is 0.618. The molecule has 2 atom stereocenters. The van der Waals surface area contributed by atoms with Crippen molar-refractivity contribution in [1.82, 2.24) is 20.3 Å². The van der Waals surface area contributed by atoms with E-state index in [2.05, 4.69) is 33.3 Å². The molecule has 1 aliphatic rings. The highest BCUT2D eigenvalue weighted by atomic mass is 16.5. The number of hydrogen-bond donors (Lipinski definition) is 1. The molecule has 1 aliphatic heterocycles. The van der Waals surface area contributed by atoms with Gasteiger partial charge in [-0.3, -0.25) is 4.79 Å². The molecule has 32 heavy (non-hydrogen) atoms. The van der Waals surface area contributed by atoms with Crippen LogP contribution in [0.1, 0.15) is 46.8 Å². The highest BCUT2D eigenvalue weighted by Gasteiger charge is 2.45. The van der Waals surface area contributed by atoms with Crippen molar-refractivity contribution in [3.05, 3.63) is 71.2 Å². The van der Waals surface area contributed by atoms with Crippen LogP contribution in [0.15, 0.2) is 48.9 Å². The van der Waals surface area contributed by atoms with Gasteiger partial charge in [-0.15, -0.1) is 0 Å². The number of Topliss-reactive ketones (excluding diaryl/α,β-unsaturated/α-hetero) is 1. The molecule has 162 valence electrons. The van der Waals surface area contributed by atoms with Crippen LogP contribution in [0.2, 0.25) is 0 Å². The maximum Gasteiger partial charge on any atom is 0.218 e. The fourth-order valence-corrected chi connectivity index (χ4v) is 3.96. The maximum atomic E-state index is 14.1. The van der Waals surface area contributed by atoms with E-state index in [0.29, 0.717) is 46.9 Å². The van der Waals surface area contributed by atoms with Crippen molar-refractivity contribution in [2.24, 2.45) is 0 Å². The van der Waals surface area contributed by atoms with Crippen molar-refractivity contribution < 1.29 is 9.53 Å². The Labute approximate surface area is 187 Å². The van der Waals surface area contributed by atoms with Gasteiger partial charge in [0.05, 0.1) is 11.6 Å². The van der Waals surface area contributed by atoms with E-state index in [0.717, 1.165) is 12.0 Å². The first-order valence-corrected chi connectivity index (χ1v) is 10.6. The number of aromatic nitrogens is 3. The van der Waals surface area contributed by atoms with Crippen molar-refractivity contribution in [1.29, 1.82) is 5.26 Å². The Morgan fingerprint density at radius 2 is 1.97 bits per heavy atom. The Kier molecular flexibility index (Phi) is 5.97. The average Bonchev–Trinajstić information content (AvgIpc) is 2.82. The second-order valence-corrected chi connectivity index (χ2v) is 8.27. The van der Waals surface area contributed by atoms with E-state index < -0.39 is 5.60 Å². The van der Waals surface area contributed by atoms with Crippen LogP contribution in [0.25, 0.3) is 11.4 Å². The van der Waals surface area contributed by atoms with Gasteiger partial charge >= 0.3 is 0 Å². The molecule has 0 spiro atoms. The van der Waals surface area contributed by atoms with Gasteiger partial charge in [-0.1, -0.05) is 17.7 Å². The van der Waals surface area contributed by atoms with Crippen molar-refractivity contribution in [2.45, 2.75) is 45.3 Å². The highest BCUT2D eigenvalue weighted by Crippen LogP contribution is 2.34. The smallest absolute Gasteiger partial charge is 0.218 e. The Morgan fingerprint density at radius 1 is 1.19 bits per heavy atom. The lowest BCUT2D eigenvalue weighted by atomic mass is 9.82. The fraction of sp³-hybridized carbons (Fsp3) is 0.320. The predicted molar refractivity (Wildman–Crippen MR) is 120 cm³/mol. The standard InChI is InChI=1S/C25H25N5O2/c1-16-5-6-20(21(13-16)23-27-10-4-11-28-23)22(31)25(9-7-17(2)30-15-25)32-24-18(3)19(14-26)8-12-29-24/h4-6,8,10-13,17,30H,7,9,15H2,1-3H3/t17-,25-/m1/s1.